The lowest BCUT2D eigenvalue weighted by molar-refractivity contribution is -0.145. The lowest BCUT2D eigenvalue weighted by Crippen LogP contribution is -2.34. The Morgan fingerprint density at radius 2 is 2.25 bits per heavy atom. The van der Waals surface area contributed by atoms with Crippen LogP contribution in [0.1, 0.15) is 12.6 Å². The maximum atomic E-state index is 12.0. The van der Waals surface area contributed by atoms with Crippen LogP contribution in [-0.2, 0) is 14.3 Å². The third-order valence-electron chi connectivity index (χ3n) is 2.43. The zero-order chi connectivity index (χ0) is 14.5. The van der Waals surface area contributed by atoms with Gasteiger partial charge in [-0.25, -0.2) is 0 Å². The molecule has 0 unspecified atom stereocenters. The summed E-state index contributed by atoms with van der Waals surface area (Å²) in [6.45, 7) is 1.50. The monoisotopic (exact) mass is 292 g/mol. The van der Waals surface area contributed by atoms with Gasteiger partial charge < -0.3 is 4.74 Å². The van der Waals surface area contributed by atoms with E-state index in [0.717, 1.165) is 16.7 Å². The Kier molecular flexibility index (Phi) is 4.52. The Morgan fingerprint density at radius 3 is 2.90 bits per heavy atom. The fourth-order valence-electron chi connectivity index (χ4n) is 1.57. The highest BCUT2D eigenvalue weighted by Crippen LogP contribution is 2.31. The van der Waals surface area contributed by atoms with Gasteiger partial charge in [-0.1, -0.05) is 6.07 Å². The van der Waals surface area contributed by atoms with E-state index in [-0.39, 0.29) is 18.1 Å². The third-order valence-corrected chi connectivity index (χ3v) is 3.34. The van der Waals surface area contributed by atoms with Gasteiger partial charge in [0, 0.05) is 6.20 Å². The van der Waals surface area contributed by atoms with Crippen LogP contribution in [0.15, 0.2) is 29.3 Å². The molecule has 0 radical (unpaired) electrons. The van der Waals surface area contributed by atoms with Gasteiger partial charge in [0.15, 0.2) is 0 Å². The van der Waals surface area contributed by atoms with Crippen molar-refractivity contribution in [1.29, 1.82) is 0 Å². The molecule has 104 valence electrons. The molecule has 0 N–H and O–H groups in total. The molecule has 0 atom stereocenters. The van der Waals surface area contributed by atoms with Crippen LogP contribution in [0.2, 0.25) is 0 Å². The number of amides is 2. The van der Waals surface area contributed by atoms with Crippen molar-refractivity contribution in [3.05, 3.63) is 35.0 Å². The van der Waals surface area contributed by atoms with Crippen LogP contribution in [0, 0.1) is 0 Å². The third kappa shape index (κ3) is 3.24. The first kappa shape index (κ1) is 14.3. The second kappa shape index (κ2) is 6.33. The van der Waals surface area contributed by atoms with Gasteiger partial charge in [-0.05, 0) is 36.9 Å². The predicted molar refractivity (Wildman–Crippen MR) is 73.5 cm³/mol. The number of aromatic nitrogens is 1. The average molecular weight is 292 g/mol. The second-order valence-corrected chi connectivity index (χ2v) is 4.82. The van der Waals surface area contributed by atoms with Crippen LogP contribution in [0.25, 0.3) is 6.08 Å². The molecule has 1 saturated heterocycles. The molecule has 1 aromatic rings. The molecule has 6 nitrogen and oxygen atoms in total. The lowest BCUT2D eigenvalue weighted by Gasteiger charge is -2.10. The van der Waals surface area contributed by atoms with E-state index in [9.17, 15) is 14.4 Å². The number of nitrogens with zero attached hydrogens (tertiary/aromatic N) is 2. The number of rotatable bonds is 4. The summed E-state index contributed by atoms with van der Waals surface area (Å²) in [5.41, 5.74) is 0.578. The number of ether oxygens (including phenoxy) is 1. The normalized spacial score (nSPS) is 16.9. The molecular weight excluding hydrogens is 280 g/mol. The molecule has 1 fully saturated rings. The van der Waals surface area contributed by atoms with Crippen molar-refractivity contribution in [2.75, 3.05) is 13.2 Å². The molecule has 0 aliphatic carbocycles. The first-order valence-electron chi connectivity index (χ1n) is 5.94. The Labute approximate surface area is 119 Å². The smallest absolute Gasteiger partial charge is 0.326 e. The molecule has 1 aromatic heterocycles. The number of pyridine rings is 1. The van der Waals surface area contributed by atoms with Crippen molar-refractivity contribution in [1.82, 2.24) is 9.88 Å². The van der Waals surface area contributed by atoms with Crippen molar-refractivity contribution in [2.45, 2.75) is 6.92 Å². The summed E-state index contributed by atoms with van der Waals surface area (Å²) < 4.78 is 4.73. The highest BCUT2D eigenvalue weighted by molar-refractivity contribution is 8.18. The van der Waals surface area contributed by atoms with Gasteiger partial charge in [0.05, 0.1) is 17.2 Å². The van der Waals surface area contributed by atoms with Gasteiger partial charge >= 0.3 is 5.97 Å². The van der Waals surface area contributed by atoms with Crippen LogP contribution in [0.3, 0.4) is 0 Å². The predicted octanol–water partition coefficient (Wildman–Crippen LogP) is 1.68. The van der Waals surface area contributed by atoms with E-state index in [0.29, 0.717) is 5.69 Å². The maximum Gasteiger partial charge on any atom is 0.326 e. The first-order chi connectivity index (χ1) is 9.61. The molecular formula is C13H12N2O4S. The Hall–Kier alpha value is -2.15. The summed E-state index contributed by atoms with van der Waals surface area (Å²) in [4.78, 5) is 40.3. The molecule has 1 aliphatic rings. The molecule has 0 spiro atoms. The largest absolute Gasteiger partial charge is 0.465 e. The Balaban J connectivity index is 2.13. The molecule has 7 heteroatoms. The Morgan fingerprint density at radius 1 is 1.45 bits per heavy atom. The summed E-state index contributed by atoms with van der Waals surface area (Å²) >= 11 is 0.787. The molecule has 1 aliphatic heterocycles. The molecule has 2 heterocycles. The van der Waals surface area contributed by atoms with Crippen LogP contribution in [0.5, 0.6) is 0 Å². The lowest BCUT2D eigenvalue weighted by atomic mass is 10.3. The topological polar surface area (TPSA) is 76.6 Å². The van der Waals surface area contributed by atoms with E-state index < -0.39 is 17.1 Å². The minimum absolute atomic E-state index is 0.207. The van der Waals surface area contributed by atoms with Gasteiger partial charge in [-0.3, -0.25) is 24.3 Å². The van der Waals surface area contributed by atoms with Gasteiger partial charge in [-0.15, -0.1) is 0 Å². The average Bonchev–Trinajstić information content (AvgIpc) is 2.68. The fraction of sp³-hybridized carbons (Fsp3) is 0.231. The molecule has 2 amide bonds. The van der Waals surface area contributed by atoms with Crippen LogP contribution in [0.4, 0.5) is 4.79 Å². The number of hydrogen-bond donors (Lipinski definition) is 0. The number of imide groups is 1. The second-order valence-electron chi connectivity index (χ2n) is 3.83. The van der Waals surface area contributed by atoms with Crippen molar-refractivity contribution in [2.24, 2.45) is 0 Å². The highest BCUT2D eigenvalue weighted by Gasteiger charge is 2.36. The van der Waals surface area contributed by atoms with E-state index in [4.69, 9.17) is 4.74 Å². The molecule has 0 aromatic carbocycles. The van der Waals surface area contributed by atoms with E-state index in [1.807, 2.05) is 0 Å². The standard InChI is InChI=1S/C13H12N2O4S/c1-2-19-11(16)8-15-12(17)10(20-13(15)18)7-9-5-3-4-6-14-9/h3-7H,2,8H2,1H3/b10-7-. The number of thioether (sulfide) groups is 1. The van der Waals surface area contributed by atoms with Gasteiger partial charge in [0.25, 0.3) is 11.1 Å². The van der Waals surface area contributed by atoms with Crippen molar-refractivity contribution in [3.8, 4) is 0 Å². The number of hydrogen-bond acceptors (Lipinski definition) is 6. The van der Waals surface area contributed by atoms with Crippen LogP contribution in [-0.4, -0.2) is 40.2 Å². The molecule has 0 bridgehead atoms. The summed E-state index contributed by atoms with van der Waals surface area (Å²) in [5.74, 6) is -1.10. The number of carbonyl (C=O) groups excluding carboxylic acids is 3. The SMILES string of the molecule is CCOC(=O)CN1C(=O)S/C(=C\c2ccccn2)C1=O. The van der Waals surface area contributed by atoms with E-state index >= 15 is 0 Å². The van der Waals surface area contributed by atoms with Crippen molar-refractivity contribution < 1.29 is 19.1 Å². The molecule has 0 saturated carbocycles. The van der Waals surface area contributed by atoms with E-state index in [1.165, 1.54) is 6.08 Å². The summed E-state index contributed by atoms with van der Waals surface area (Å²) in [6, 6.07) is 5.25. The van der Waals surface area contributed by atoms with Crippen LogP contribution < -0.4 is 0 Å². The maximum absolute atomic E-state index is 12.0. The zero-order valence-electron chi connectivity index (χ0n) is 10.7. The first-order valence-corrected chi connectivity index (χ1v) is 6.75. The van der Waals surface area contributed by atoms with Crippen molar-refractivity contribution in [3.63, 3.8) is 0 Å². The van der Waals surface area contributed by atoms with Crippen molar-refractivity contribution >= 4 is 35.0 Å². The fourth-order valence-corrected chi connectivity index (χ4v) is 2.39. The molecule has 20 heavy (non-hydrogen) atoms. The van der Waals surface area contributed by atoms with Gasteiger partial charge in [0.2, 0.25) is 0 Å². The summed E-state index contributed by atoms with van der Waals surface area (Å²) in [6.07, 6.45) is 3.12. The number of esters is 1. The summed E-state index contributed by atoms with van der Waals surface area (Å²) in [7, 11) is 0. The zero-order valence-corrected chi connectivity index (χ0v) is 11.6. The highest BCUT2D eigenvalue weighted by atomic mass is 32.2. The van der Waals surface area contributed by atoms with E-state index in [2.05, 4.69) is 4.98 Å². The Bertz CT molecular complexity index is 571. The minimum Gasteiger partial charge on any atom is -0.465 e. The minimum atomic E-state index is -0.603. The quantitative estimate of drug-likeness (QED) is 0.621. The molecule has 2 rings (SSSR count). The van der Waals surface area contributed by atoms with E-state index in [1.54, 1.807) is 31.3 Å². The van der Waals surface area contributed by atoms with Gasteiger partial charge in [-0.2, -0.15) is 0 Å². The van der Waals surface area contributed by atoms with Crippen LogP contribution >= 0.6 is 11.8 Å². The number of carbonyl (C=O) groups is 3. The summed E-state index contributed by atoms with van der Waals surface area (Å²) in [5, 5.41) is -0.481. The van der Waals surface area contributed by atoms with Gasteiger partial charge in [0.1, 0.15) is 6.54 Å².